The van der Waals surface area contributed by atoms with Crippen LogP contribution >= 0.6 is 0 Å². The molecule has 184 valence electrons. The second kappa shape index (κ2) is 12.5. The number of aromatic nitrogens is 2. The Balaban J connectivity index is 1.91. The van der Waals surface area contributed by atoms with Crippen LogP contribution in [0, 0.1) is 5.92 Å². The maximum atomic E-state index is 12.6. The maximum Gasteiger partial charge on any atom is 0.439 e. The van der Waals surface area contributed by atoms with Crippen molar-refractivity contribution in [2.24, 2.45) is 21.6 Å². The summed E-state index contributed by atoms with van der Waals surface area (Å²) < 4.78 is 42.3. The number of amidine groups is 2. The van der Waals surface area contributed by atoms with Crippen LogP contribution in [0.1, 0.15) is 51.8 Å². The van der Waals surface area contributed by atoms with Crippen molar-refractivity contribution in [3.63, 3.8) is 0 Å². The number of allylic oxidation sites excluding steroid dienone is 2. The Morgan fingerprint density at radius 1 is 1.39 bits per heavy atom. The van der Waals surface area contributed by atoms with Gasteiger partial charge in [-0.1, -0.05) is 29.8 Å². The zero-order chi connectivity index (χ0) is 24.4. The topological polar surface area (TPSA) is 134 Å². The number of nitrogens with zero attached hydrogens (tertiary/aromatic N) is 3. The van der Waals surface area contributed by atoms with E-state index in [1.807, 2.05) is 0 Å². The number of aliphatic imine (C=N–C) groups is 2. The van der Waals surface area contributed by atoms with Crippen LogP contribution in [0.5, 0.6) is 0 Å². The largest absolute Gasteiger partial charge is 0.439 e. The normalized spacial score (nSPS) is 17.2. The minimum absolute atomic E-state index is 0.0563. The molecule has 1 atom stereocenters. The Labute approximate surface area is 190 Å². The summed E-state index contributed by atoms with van der Waals surface area (Å²) in [6.07, 6.45) is 1.06. The molecule has 1 fully saturated rings. The van der Waals surface area contributed by atoms with Gasteiger partial charge in [-0.3, -0.25) is 14.8 Å². The van der Waals surface area contributed by atoms with Gasteiger partial charge in [-0.25, -0.2) is 14.8 Å². The number of alkyl halides is 3. The predicted molar refractivity (Wildman–Crippen MR) is 121 cm³/mol. The van der Waals surface area contributed by atoms with Crippen molar-refractivity contribution in [3.05, 3.63) is 40.2 Å². The standard InChI is InChI=1S/C21H32F3N7O2/c1-4-15(9-8-13(2)21(22,23)24)10-26-11-17(25)29-18(19-30-20(32)33-31-19)28-12-27-14(3)16-6-5-7-16/h4,14,16,26-27H,2,5-12H2,1,3H3,(H2,25,28,29)(H,30,31,32)/b15-4+/t14-/m1/s1. The van der Waals surface area contributed by atoms with Crippen molar-refractivity contribution >= 4 is 11.7 Å². The molecular weight excluding hydrogens is 439 g/mol. The molecule has 1 aromatic heterocycles. The quantitative estimate of drug-likeness (QED) is 0.210. The van der Waals surface area contributed by atoms with Crippen molar-refractivity contribution in [2.75, 3.05) is 19.8 Å². The van der Waals surface area contributed by atoms with Gasteiger partial charge in [0.15, 0.2) is 5.84 Å². The Morgan fingerprint density at radius 3 is 2.67 bits per heavy atom. The van der Waals surface area contributed by atoms with E-state index >= 15 is 0 Å². The van der Waals surface area contributed by atoms with Crippen molar-refractivity contribution in [2.45, 2.75) is 58.2 Å². The van der Waals surface area contributed by atoms with Gasteiger partial charge < -0.3 is 11.1 Å². The summed E-state index contributed by atoms with van der Waals surface area (Å²) >= 11 is 0. The summed E-state index contributed by atoms with van der Waals surface area (Å²) in [5, 5.41) is 9.97. The van der Waals surface area contributed by atoms with Crippen LogP contribution in [-0.2, 0) is 0 Å². The fraction of sp³-hybridized carbons (Fsp3) is 0.619. The molecular formula is C21H32F3N7O2. The number of aromatic amines is 1. The third kappa shape index (κ3) is 8.97. The highest BCUT2D eigenvalue weighted by molar-refractivity contribution is 6.04. The molecule has 1 heterocycles. The molecule has 9 nitrogen and oxygen atoms in total. The van der Waals surface area contributed by atoms with Crippen molar-refractivity contribution in [1.29, 1.82) is 0 Å². The first-order valence-electron chi connectivity index (χ1n) is 10.9. The van der Waals surface area contributed by atoms with Gasteiger partial charge in [-0.2, -0.15) is 13.2 Å². The van der Waals surface area contributed by atoms with E-state index in [0.717, 1.165) is 5.57 Å². The van der Waals surface area contributed by atoms with Crippen LogP contribution in [0.2, 0.25) is 0 Å². The summed E-state index contributed by atoms with van der Waals surface area (Å²) in [4.78, 5) is 22.3. The Hall–Kier alpha value is -2.73. The number of nitrogens with two attached hydrogens (primary N) is 1. The van der Waals surface area contributed by atoms with Crippen molar-refractivity contribution in [1.82, 2.24) is 20.8 Å². The second-order valence-corrected chi connectivity index (χ2v) is 8.02. The maximum absolute atomic E-state index is 12.6. The van der Waals surface area contributed by atoms with Crippen molar-refractivity contribution in [3.8, 4) is 0 Å². The van der Waals surface area contributed by atoms with Gasteiger partial charge >= 0.3 is 11.9 Å². The molecule has 1 saturated carbocycles. The molecule has 12 heteroatoms. The lowest BCUT2D eigenvalue weighted by Crippen LogP contribution is -2.37. The first-order valence-corrected chi connectivity index (χ1v) is 10.9. The van der Waals surface area contributed by atoms with Crippen LogP contribution in [-0.4, -0.2) is 53.8 Å². The van der Waals surface area contributed by atoms with E-state index in [4.69, 9.17) is 5.73 Å². The molecule has 5 N–H and O–H groups in total. The number of nitrogens with one attached hydrogen (secondary N) is 3. The third-order valence-corrected chi connectivity index (χ3v) is 5.62. The Bertz CT molecular complexity index is 927. The molecule has 0 aromatic carbocycles. The lowest BCUT2D eigenvalue weighted by molar-refractivity contribution is -0.0935. The predicted octanol–water partition coefficient (Wildman–Crippen LogP) is 2.64. The van der Waals surface area contributed by atoms with Gasteiger partial charge in [-0.15, -0.1) is 0 Å². The molecule has 0 unspecified atom stereocenters. The fourth-order valence-corrected chi connectivity index (χ4v) is 3.17. The number of hydrogen-bond donors (Lipinski definition) is 4. The van der Waals surface area contributed by atoms with Crippen molar-refractivity contribution < 1.29 is 17.7 Å². The summed E-state index contributed by atoms with van der Waals surface area (Å²) in [6.45, 7) is 7.70. The first-order chi connectivity index (χ1) is 15.6. The summed E-state index contributed by atoms with van der Waals surface area (Å²) in [7, 11) is 0. The number of rotatable bonds is 12. The molecule has 0 saturated heterocycles. The summed E-state index contributed by atoms with van der Waals surface area (Å²) in [5.41, 5.74) is 6.02. The smallest absolute Gasteiger partial charge is 0.386 e. The molecule has 0 radical (unpaired) electrons. The lowest BCUT2D eigenvalue weighted by Gasteiger charge is -2.31. The van der Waals surface area contributed by atoms with Crippen LogP contribution in [0.15, 0.2) is 43.1 Å². The number of hydrogen-bond acceptors (Lipinski definition) is 6. The van der Waals surface area contributed by atoms with Crippen LogP contribution in [0.25, 0.3) is 0 Å². The van der Waals surface area contributed by atoms with Gasteiger partial charge in [0.25, 0.3) is 0 Å². The highest BCUT2D eigenvalue weighted by Gasteiger charge is 2.31. The highest BCUT2D eigenvalue weighted by Crippen LogP contribution is 2.29. The number of H-pyrrole nitrogens is 1. The number of halogens is 3. The van der Waals surface area contributed by atoms with Gasteiger partial charge in [0.2, 0.25) is 5.82 Å². The SMILES string of the molecule is C=C(CC/C(=C\C)CNCC(N)=N/C(=N\CN[C@H](C)C1CCC1)c1noc(=O)[nH]1)C(F)(F)F. The highest BCUT2D eigenvalue weighted by atomic mass is 19.4. The lowest BCUT2D eigenvalue weighted by atomic mass is 9.80. The van der Waals surface area contributed by atoms with Gasteiger partial charge in [0.05, 0.1) is 13.2 Å². The van der Waals surface area contributed by atoms with Crippen LogP contribution in [0.3, 0.4) is 0 Å². The molecule has 33 heavy (non-hydrogen) atoms. The monoisotopic (exact) mass is 471 g/mol. The average molecular weight is 472 g/mol. The van der Waals surface area contributed by atoms with E-state index in [-0.39, 0.29) is 43.6 Å². The molecule has 2 rings (SSSR count). The van der Waals surface area contributed by atoms with E-state index < -0.39 is 17.5 Å². The zero-order valence-electron chi connectivity index (χ0n) is 19.0. The van der Waals surface area contributed by atoms with Crippen LogP contribution < -0.4 is 22.1 Å². The van der Waals surface area contributed by atoms with Gasteiger partial charge in [0, 0.05) is 18.2 Å². The minimum atomic E-state index is -4.38. The summed E-state index contributed by atoms with van der Waals surface area (Å²) in [5.74, 6) is 0.225. The van der Waals surface area contributed by atoms with E-state index in [1.165, 1.54) is 19.3 Å². The molecule has 1 aromatic rings. The zero-order valence-corrected chi connectivity index (χ0v) is 19.0. The molecule has 0 bridgehead atoms. The van der Waals surface area contributed by atoms with E-state index in [1.54, 1.807) is 13.0 Å². The summed E-state index contributed by atoms with van der Waals surface area (Å²) in [6, 6.07) is 0.302. The molecule has 1 aliphatic rings. The minimum Gasteiger partial charge on any atom is -0.386 e. The Morgan fingerprint density at radius 2 is 2.12 bits per heavy atom. The van der Waals surface area contributed by atoms with E-state index in [2.05, 4.69) is 48.8 Å². The van der Waals surface area contributed by atoms with Gasteiger partial charge in [0.1, 0.15) is 5.84 Å². The molecule has 0 spiro atoms. The Kier molecular flexibility index (Phi) is 10.0. The van der Waals surface area contributed by atoms with Gasteiger partial charge in [-0.05, 0) is 45.4 Å². The van der Waals surface area contributed by atoms with E-state index in [9.17, 15) is 18.0 Å². The molecule has 1 aliphatic carbocycles. The van der Waals surface area contributed by atoms with Crippen LogP contribution in [0.4, 0.5) is 13.2 Å². The molecule has 0 amide bonds. The van der Waals surface area contributed by atoms with E-state index in [0.29, 0.717) is 18.5 Å². The second-order valence-electron chi connectivity index (χ2n) is 8.02. The molecule has 0 aliphatic heterocycles. The fourth-order valence-electron chi connectivity index (χ4n) is 3.17. The first kappa shape index (κ1) is 26.5. The third-order valence-electron chi connectivity index (χ3n) is 5.62. The average Bonchev–Trinajstić information content (AvgIpc) is 3.13.